The number of halogens is 1. The number of imide groups is 1. The van der Waals surface area contributed by atoms with Gasteiger partial charge in [-0.1, -0.05) is 35.4 Å². The SMILES string of the molecule is CC1=CC[C@@H]2C(=O)N(N(Cc3ccc([N+](=O)[O-])cc3)C(=O)c3ccc(Cl)cc3)C(=O)[C@@H]2C1. The third-order valence-corrected chi connectivity index (χ3v) is 6.10. The summed E-state index contributed by atoms with van der Waals surface area (Å²) in [5.74, 6) is -2.34. The predicted octanol–water partition coefficient (Wildman–Crippen LogP) is 4.15. The van der Waals surface area contributed by atoms with Crippen LogP contribution in [0.3, 0.4) is 0 Å². The van der Waals surface area contributed by atoms with E-state index in [1.165, 1.54) is 36.4 Å². The van der Waals surface area contributed by atoms with Crippen LogP contribution in [0.15, 0.2) is 60.2 Å². The zero-order chi connectivity index (χ0) is 23.0. The number of allylic oxidation sites excluding steroid dienone is 2. The van der Waals surface area contributed by atoms with Crippen LogP contribution in [0.1, 0.15) is 35.7 Å². The molecule has 2 aromatic rings. The van der Waals surface area contributed by atoms with Gasteiger partial charge in [-0.3, -0.25) is 24.5 Å². The number of nitrogens with zero attached hydrogens (tertiary/aromatic N) is 3. The lowest BCUT2D eigenvalue weighted by Gasteiger charge is -2.30. The molecule has 32 heavy (non-hydrogen) atoms. The number of hydrogen-bond acceptors (Lipinski definition) is 5. The van der Waals surface area contributed by atoms with Crippen molar-refractivity contribution in [2.75, 3.05) is 0 Å². The number of carbonyl (C=O) groups excluding carboxylic acids is 3. The maximum Gasteiger partial charge on any atom is 0.273 e. The molecule has 2 atom stereocenters. The van der Waals surface area contributed by atoms with E-state index in [1.54, 1.807) is 12.1 Å². The number of amides is 3. The minimum atomic E-state index is -0.537. The van der Waals surface area contributed by atoms with Gasteiger partial charge in [0.2, 0.25) is 0 Å². The molecule has 164 valence electrons. The van der Waals surface area contributed by atoms with Crippen LogP contribution in [0.4, 0.5) is 5.69 Å². The lowest BCUT2D eigenvalue weighted by atomic mass is 9.82. The number of nitro groups is 1. The first kappa shape index (κ1) is 21.7. The van der Waals surface area contributed by atoms with Crippen molar-refractivity contribution < 1.29 is 19.3 Å². The number of hydrazine groups is 1. The molecule has 2 aromatic carbocycles. The molecule has 2 aliphatic rings. The lowest BCUT2D eigenvalue weighted by molar-refractivity contribution is -0.384. The first-order valence-corrected chi connectivity index (χ1v) is 10.5. The van der Waals surface area contributed by atoms with Crippen molar-refractivity contribution in [3.05, 3.63) is 86.4 Å². The molecule has 0 spiro atoms. The number of benzene rings is 2. The van der Waals surface area contributed by atoms with Gasteiger partial charge in [-0.15, -0.1) is 0 Å². The fourth-order valence-corrected chi connectivity index (χ4v) is 4.25. The highest BCUT2D eigenvalue weighted by Crippen LogP contribution is 2.39. The van der Waals surface area contributed by atoms with Gasteiger partial charge in [-0.25, -0.2) is 5.01 Å². The molecule has 1 aliphatic heterocycles. The van der Waals surface area contributed by atoms with Crippen molar-refractivity contribution in [2.24, 2.45) is 11.8 Å². The summed E-state index contributed by atoms with van der Waals surface area (Å²) in [6, 6.07) is 11.8. The minimum absolute atomic E-state index is 0.0924. The molecule has 0 aromatic heterocycles. The van der Waals surface area contributed by atoms with Crippen LogP contribution >= 0.6 is 11.6 Å². The first-order valence-electron chi connectivity index (χ1n) is 10.1. The largest absolute Gasteiger partial charge is 0.273 e. The van der Waals surface area contributed by atoms with Gasteiger partial charge in [0.25, 0.3) is 23.4 Å². The van der Waals surface area contributed by atoms with Crippen LogP contribution in [0.2, 0.25) is 5.02 Å². The van der Waals surface area contributed by atoms with Crippen molar-refractivity contribution in [1.82, 2.24) is 10.0 Å². The van der Waals surface area contributed by atoms with Crippen LogP contribution in [-0.2, 0) is 16.1 Å². The molecule has 0 bridgehead atoms. The van der Waals surface area contributed by atoms with Crippen molar-refractivity contribution in [3.63, 3.8) is 0 Å². The fraction of sp³-hybridized carbons (Fsp3) is 0.261. The molecule has 0 N–H and O–H groups in total. The Morgan fingerprint density at radius 2 is 1.72 bits per heavy atom. The van der Waals surface area contributed by atoms with E-state index in [4.69, 9.17) is 11.6 Å². The second-order valence-corrected chi connectivity index (χ2v) is 8.42. The van der Waals surface area contributed by atoms with E-state index in [1.807, 2.05) is 13.0 Å². The smallest absolute Gasteiger partial charge is 0.272 e. The van der Waals surface area contributed by atoms with Crippen LogP contribution in [0.25, 0.3) is 0 Å². The molecule has 0 saturated carbocycles. The molecule has 3 amide bonds. The third kappa shape index (κ3) is 4.01. The number of nitro benzene ring substituents is 1. The Morgan fingerprint density at radius 1 is 1.09 bits per heavy atom. The minimum Gasteiger partial charge on any atom is -0.272 e. The van der Waals surface area contributed by atoms with Crippen molar-refractivity contribution in [3.8, 4) is 0 Å². The van der Waals surface area contributed by atoms with Crippen LogP contribution < -0.4 is 0 Å². The summed E-state index contributed by atoms with van der Waals surface area (Å²) in [5.41, 5.74) is 1.76. The van der Waals surface area contributed by atoms with Crippen molar-refractivity contribution >= 4 is 35.0 Å². The Labute approximate surface area is 189 Å². The van der Waals surface area contributed by atoms with E-state index >= 15 is 0 Å². The van der Waals surface area contributed by atoms with Gasteiger partial charge < -0.3 is 0 Å². The van der Waals surface area contributed by atoms with E-state index in [0.717, 1.165) is 15.6 Å². The van der Waals surface area contributed by atoms with Crippen molar-refractivity contribution in [1.29, 1.82) is 0 Å². The summed E-state index contributed by atoms with van der Waals surface area (Å²) in [4.78, 5) is 50.3. The topological polar surface area (TPSA) is 101 Å². The summed E-state index contributed by atoms with van der Waals surface area (Å²) in [6.45, 7) is 1.83. The highest BCUT2D eigenvalue weighted by atomic mass is 35.5. The maximum absolute atomic E-state index is 13.4. The van der Waals surface area contributed by atoms with Gasteiger partial charge in [-0.2, -0.15) is 5.01 Å². The van der Waals surface area contributed by atoms with Crippen LogP contribution in [-0.4, -0.2) is 32.7 Å². The number of rotatable bonds is 5. The molecule has 4 rings (SSSR count). The molecule has 1 aliphatic carbocycles. The molecule has 0 unspecified atom stereocenters. The molecule has 1 fully saturated rings. The highest BCUT2D eigenvalue weighted by molar-refractivity contribution is 6.30. The summed E-state index contributed by atoms with van der Waals surface area (Å²) < 4.78 is 0. The van der Waals surface area contributed by atoms with Gasteiger partial charge in [0.1, 0.15) is 0 Å². The number of fused-ring (bicyclic) bond motifs is 1. The van der Waals surface area contributed by atoms with Gasteiger partial charge in [0.15, 0.2) is 0 Å². The molecular weight excluding hydrogens is 434 g/mol. The number of non-ortho nitro benzene ring substituents is 1. The number of hydrogen-bond donors (Lipinski definition) is 0. The zero-order valence-electron chi connectivity index (χ0n) is 17.2. The Hall–Kier alpha value is -3.52. The first-order chi connectivity index (χ1) is 15.3. The molecule has 1 heterocycles. The molecule has 8 nitrogen and oxygen atoms in total. The van der Waals surface area contributed by atoms with E-state index in [-0.39, 0.29) is 17.8 Å². The quantitative estimate of drug-likeness (QED) is 0.293. The summed E-state index contributed by atoms with van der Waals surface area (Å²) in [7, 11) is 0. The van der Waals surface area contributed by atoms with E-state index < -0.39 is 34.5 Å². The van der Waals surface area contributed by atoms with Crippen LogP contribution in [0, 0.1) is 22.0 Å². The Kier molecular flexibility index (Phi) is 5.80. The van der Waals surface area contributed by atoms with E-state index in [2.05, 4.69) is 0 Å². The standard InChI is InChI=1S/C23H20ClN3O5/c1-14-2-11-19-20(12-14)23(30)26(22(19)29)25(21(28)16-5-7-17(24)8-6-16)13-15-3-9-18(10-4-15)27(31)32/h2-10,19-20H,11-13H2,1H3/t19-,20+/m0/s1. The predicted molar refractivity (Wildman–Crippen MR) is 116 cm³/mol. The average molecular weight is 454 g/mol. The second-order valence-electron chi connectivity index (χ2n) is 7.98. The fourth-order valence-electron chi connectivity index (χ4n) is 4.13. The molecule has 0 radical (unpaired) electrons. The summed E-state index contributed by atoms with van der Waals surface area (Å²) in [6.07, 6.45) is 2.89. The highest BCUT2D eigenvalue weighted by Gasteiger charge is 2.51. The van der Waals surface area contributed by atoms with Crippen molar-refractivity contribution in [2.45, 2.75) is 26.3 Å². The summed E-state index contributed by atoms with van der Waals surface area (Å²) in [5, 5.41) is 13.5. The normalized spacial score (nSPS) is 20.1. The monoisotopic (exact) mass is 453 g/mol. The second kappa shape index (κ2) is 8.55. The number of carbonyl (C=O) groups is 3. The maximum atomic E-state index is 13.4. The Balaban J connectivity index is 1.69. The average Bonchev–Trinajstić information content (AvgIpc) is 3.02. The zero-order valence-corrected chi connectivity index (χ0v) is 18.0. The van der Waals surface area contributed by atoms with E-state index in [0.29, 0.717) is 23.4 Å². The molecular formula is C23H20ClN3O5. The van der Waals surface area contributed by atoms with Gasteiger partial charge in [-0.05, 0) is 49.6 Å². The molecule has 9 heteroatoms. The van der Waals surface area contributed by atoms with Gasteiger partial charge in [0.05, 0.1) is 23.3 Å². The van der Waals surface area contributed by atoms with E-state index in [9.17, 15) is 24.5 Å². The van der Waals surface area contributed by atoms with Crippen LogP contribution in [0.5, 0.6) is 0 Å². The van der Waals surface area contributed by atoms with Gasteiger partial charge >= 0.3 is 0 Å². The lowest BCUT2D eigenvalue weighted by Crippen LogP contribution is -2.49. The summed E-state index contributed by atoms with van der Waals surface area (Å²) >= 11 is 5.93. The molecule has 1 saturated heterocycles. The Morgan fingerprint density at radius 3 is 2.34 bits per heavy atom. The third-order valence-electron chi connectivity index (χ3n) is 5.85. The Bertz CT molecular complexity index is 1130. The van der Waals surface area contributed by atoms with Gasteiger partial charge in [0, 0.05) is 22.7 Å².